The van der Waals surface area contributed by atoms with Gasteiger partial charge in [-0.3, -0.25) is 0 Å². The number of benzene rings is 2. The van der Waals surface area contributed by atoms with Gasteiger partial charge in [0.2, 0.25) is 0 Å². The second-order valence-corrected chi connectivity index (χ2v) is 6.36. The van der Waals surface area contributed by atoms with Crippen LogP contribution in [0.25, 0.3) is 11.3 Å². The zero-order chi connectivity index (χ0) is 15.1. The number of aliphatic hydroxyl groups excluding tert-OH is 1. The van der Waals surface area contributed by atoms with Crippen molar-refractivity contribution < 1.29 is 5.11 Å². The third kappa shape index (κ3) is 2.19. The van der Waals surface area contributed by atoms with Crippen LogP contribution >= 0.6 is 15.9 Å². The Morgan fingerprint density at radius 1 is 1.09 bits per heavy atom. The van der Waals surface area contributed by atoms with Crippen LogP contribution in [-0.4, -0.2) is 14.7 Å². The highest BCUT2D eigenvalue weighted by atomic mass is 79.9. The zero-order valence-corrected chi connectivity index (χ0v) is 13.5. The van der Waals surface area contributed by atoms with Crippen LogP contribution in [0.3, 0.4) is 0 Å². The second kappa shape index (κ2) is 5.38. The van der Waals surface area contributed by atoms with E-state index in [9.17, 15) is 5.11 Å². The number of halogens is 1. The lowest BCUT2D eigenvalue weighted by Gasteiger charge is -2.12. The third-order valence-corrected chi connectivity index (χ3v) is 4.92. The molecule has 22 heavy (non-hydrogen) atoms. The Hall–Kier alpha value is -1.91. The van der Waals surface area contributed by atoms with Gasteiger partial charge in [0.25, 0.3) is 0 Å². The predicted molar refractivity (Wildman–Crippen MR) is 89.6 cm³/mol. The van der Waals surface area contributed by atoms with Gasteiger partial charge in [0.1, 0.15) is 11.9 Å². The maximum absolute atomic E-state index is 10.8. The average Bonchev–Trinajstić information content (AvgIpc) is 2.92. The van der Waals surface area contributed by atoms with Crippen LogP contribution < -0.4 is 0 Å². The van der Waals surface area contributed by atoms with Crippen molar-refractivity contribution in [3.63, 3.8) is 0 Å². The molecule has 1 aromatic heterocycles. The molecule has 1 aliphatic heterocycles. The first-order chi connectivity index (χ1) is 10.7. The lowest BCUT2D eigenvalue weighted by atomic mass is 10.0. The summed E-state index contributed by atoms with van der Waals surface area (Å²) in [4.78, 5) is 4.69. The molecular weight excluding hydrogens is 340 g/mol. The molecule has 4 rings (SSSR count). The number of imidazole rings is 1. The van der Waals surface area contributed by atoms with Crippen LogP contribution in [-0.2, 0) is 13.0 Å². The Morgan fingerprint density at radius 2 is 1.91 bits per heavy atom. The molecule has 1 unspecified atom stereocenters. The summed E-state index contributed by atoms with van der Waals surface area (Å²) in [5, 5.41) is 10.8. The fraction of sp³-hybridized carbons (Fsp3) is 0.167. The van der Waals surface area contributed by atoms with Gasteiger partial charge >= 0.3 is 0 Å². The molecule has 0 radical (unpaired) electrons. The van der Waals surface area contributed by atoms with E-state index in [4.69, 9.17) is 0 Å². The topological polar surface area (TPSA) is 38.0 Å². The van der Waals surface area contributed by atoms with Gasteiger partial charge in [-0.05, 0) is 23.6 Å². The Morgan fingerprint density at radius 3 is 2.73 bits per heavy atom. The van der Waals surface area contributed by atoms with E-state index in [1.807, 2.05) is 54.7 Å². The number of aliphatic hydroxyl groups is 1. The molecular formula is C18H15BrN2O. The Kier molecular flexibility index (Phi) is 3.36. The van der Waals surface area contributed by atoms with E-state index in [-0.39, 0.29) is 0 Å². The first-order valence-electron chi connectivity index (χ1n) is 7.32. The number of fused-ring (bicyclic) bond motifs is 2. The van der Waals surface area contributed by atoms with Crippen LogP contribution in [0.5, 0.6) is 0 Å². The Balaban J connectivity index is 1.82. The first-order valence-corrected chi connectivity index (χ1v) is 8.11. The minimum absolute atomic E-state index is 0.688. The van der Waals surface area contributed by atoms with Crippen molar-refractivity contribution in [2.75, 3.05) is 0 Å². The Bertz CT molecular complexity index is 826. The number of hydrogen-bond acceptors (Lipinski definition) is 2. The molecule has 4 heteroatoms. The SMILES string of the molecule is OC1c2cccc(Br)c2CCn2cc(-c3ccccc3)nc21. The molecule has 0 spiro atoms. The lowest BCUT2D eigenvalue weighted by Crippen LogP contribution is -2.06. The van der Waals surface area contributed by atoms with Crippen molar-refractivity contribution in [1.29, 1.82) is 0 Å². The monoisotopic (exact) mass is 354 g/mol. The van der Waals surface area contributed by atoms with Crippen LogP contribution in [0.2, 0.25) is 0 Å². The molecule has 0 fully saturated rings. The fourth-order valence-electron chi connectivity index (χ4n) is 3.04. The van der Waals surface area contributed by atoms with E-state index >= 15 is 0 Å². The van der Waals surface area contributed by atoms with Crippen LogP contribution in [0.4, 0.5) is 0 Å². The molecule has 1 atom stereocenters. The lowest BCUT2D eigenvalue weighted by molar-refractivity contribution is 0.207. The van der Waals surface area contributed by atoms with Crippen molar-refractivity contribution >= 4 is 15.9 Å². The van der Waals surface area contributed by atoms with Gasteiger partial charge in [0.05, 0.1) is 5.69 Å². The summed E-state index contributed by atoms with van der Waals surface area (Å²) in [7, 11) is 0. The number of hydrogen-bond donors (Lipinski definition) is 1. The number of nitrogens with zero attached hydrogens (tertiary/aromatic N) is 2. The molecule has 2 aromatic carbocycles. The minimum atomic E-state index is -0.688. The second-order valence-electron chi connectivity index (χ2n) is 5.50. The summed E-state index contributed by atoms with van der Waals surface area (Å²) >= 11 is 3.59. The molecule has 0 saturated heterocycles. The minimum Gasteiger partial charge on any atom is -0.380 e. The molecule has 0 saturated carbocycles. The smallest absolute Gasteiger partial charge is 0.143 e. The number of aryl methyl sites for hydroxylation is 1. The molecule has 110 valence electrons. The van der Waals surface area contributed by atoms with Gasteiger partial charge in [0.15, 0.2) is 0 Å². The number of rotatable bonds is 1. The summed E-state index contributed by atoms with van der Waals surface area (Å²) in [6.07, 6.45) is 2.23. The van der Waals surface area contributed by atoms with Crippen molar-refractivity contribution in [3.05, 3.63) is 76.2 Å². The van der Waals surface area contributed by atoms with E-state index < -0.39 is 6.10 Å². The molecule has 1 N–H and O–H groups in total. The summed E-state index contributed by atoms with van der Waals surface area (Å²) < 4.78 is 3.12. The largest absolute Gasteiger partial charge is 0.380 e. The average molecular weight is 355 g/mol. The van der Waals surface area contributed by atoms with Crippen LogP contribution in [0, 0.1) is 0 Å². The van der Waals surface area contributed by atoms with Gasteiger partial charge in [-0.25, -0.2) is 4.98 Å². The van der Waals surface area contributed by atoms with E-state index in [1.165, 1.54) is 5.56 Å². The molecule has 3 aromatic rings. The normalized spacial score (nSPS) is 16.7. The fourth-order valence-corrected chi connectivity index (χ4v) is 3.62. The quantitative estimate of drug-likeness (QED) is 0.718. The van der Waals surface area contributed by atoms with Crippen molar-refractivity contribution in [2.24, 2.45) is 0 Å². The molecule has 2 heterocycles. The predicted octanol–water partition coefficient (Wildman–Crippen LogP) is 3.95. The van der Waals surface area contributed by atoms with Crippen molar-refractivity contribution in [1.82, 2.24) is 9.55 Å². The van der Waals surface area contributed by atoms with E-state index in [2.05, 4.69) is 25.5 Å². The van der Waals surface area contributed by atoms with E-state index in [1.54, 1.807) is 0 Å². The maximum Gasteiger partial charge on any atom is 0.143 e. The highest BCUT2D eigenvalue weighted by Crippen LogP contribution is 2.34. The summed E-state index contributed by atoms with van der Waals surface area (Å²) in [5.74, 6) is 0.718. The van der Waals surface area contributed by atoms with E-state index in [0.29, 0.717) is 0 Å². The summed E-state index contributed by atoms with van der Waals surface area (Å²) in [6.45, 7) is 0.821. The Labute approximate surface area is 137 Å². The van der Waals surface area contributed by atoms with Crippen molar-refractivity contribution in [3.8, 4) is 11.3 Å². The molecule has 0 bridgehead atoms. The van der Waals surface area contributed by atoms with Crippen LogP contribution in [0.1, 0.15) is 23.1 Å². The third-order valence-electron chi connectivity index (χ3n) is 4.17. The molecule has 0 aliphatic carbocycles. The number of aromatic nitrogens is 2. The molecule has 0 amide bonds. The summed E-state index contributed by atoms with van der Waals surface area (Å²) in [5.41, 5.74) is 4.10. The highest BCUT2D eigenvalue weighted by Gasteiger charge is 2.25. The zero-order valence-electron chi connectivity index (χ0n) is 11.9. The standard InChI is InChI=1S/C18H15BrN2O/c19-15-8-4-7-14-13(15)9-10-21-11-16(20-18(21)17(14)22)12-5-2-1-3-6-12/h1-8,11,17,22H,9-10H2. The highest BCUT2D eigenvalue weighted by molar-refractivity contribution is 9.10. The maximum atomic E-state index is 10.8. The molecule has 3 nitrogen and oxygen atoms in total. The van der Waals surface area contributed by atoms with Gasteiger partial charge in [-0.2, -0.15) is 0 Å². The molecule has 1 aliphatic rings. The van der Waals surface area contributed by atoms with Crippen LogP contribution in [0.15, 0.2) is 59.2 Å². The summed E-state index contributed by atoms with van der Waals surface area (Å²) in [6, 6.07) is 16.0. The first kappa shape index (κ1) is 13.7. The van der Waals surface area contributed by atoms with Gasteiger partial charge in [0, 0.05) is 22.8 Å². The van der Waals surface area contributed by atoms with Gasteiger partial charge in [-0.15, -0.1) is 0 Å². The van der Waals surface area contributed by atoms with Gasteiger partial charge < -0.3 is 9.67 Å². The van der Waals surface area contributed by atoms with Crippen molar-refractivity contribution in [2.45, 2.75) is 19.1 Å². The van der Waals surface area contributed by atoms with Gasteiger partial charge in [-0.1, -0.05) is 58.4 Å². The van der Waals surface area contributed by atoms with E-state index in [0.717, 1.165) is 40.1 Å².